The first kappa shape index (κ1) is 12.9. The Kier molecular flexibility index (Phi) is 5.22. The molecule has 0 spiro atoms. The maximum atomic E-state index is 11.7. The molecule has 0 fully saturated rings. The van der Waals surface area contributed by atoms with Crippen LogP contribution in [0.15, 0.2) is 18.3 Å². The Morgan fingerprint density at radius 3 is 2.81 bits per heavy atom. The second-order valence-electron chi connectivity index (χ2n) is 2.97. The number of rotatable bonds is 5. The Balaban J connectivity index is 2.93. The quantitative estimate of drug-likeness (QED) is 0.589. The van der Waals surface area contributed by atoms with Crippen molar-refractivity contribution in [1.29, 1.82) is 0 Å². The minimum atomic E-state index is -0.800. The third-order valence-corrected chi connectivity index (χ3v) is 2.22. The van der Waals surface area contributed by atoms with E-state index in [-0.39, 0.29) is 5.15 Å². The predicted octanol–water partition coefficient (Wildman–Crippen LogP) is 2.38. The first-order valence-electron chi connectivity index (χ1n) is 5.09. The molecule has 0 aliphatic heterocycles. The van der Waals surface area contributed by atoms with Crippen molar-refractivity contribution in [3.8, 4) is 0 Å². The van der Waals surface area contributed by atoms with Crippen LogP contribution >= 0.6 is 11.6 Å². The van der Waals surface area contributed by atoms with E-state index in [1.54, 1.807) is 32.2 Å². The first-order chi connectivity index (χ1) is 7.70. The van der Waals surface area contributed by atoms with Crippen LogP contribution in [0.25, 0.3) is 0 Å². The summed E-state index contributed by atoms with van der Waals surface area (Å²) in [6, 6.07) is 3.40. The molecule has 16 heavy (non-hydrogen) atoms. The molecular formula is C11H14ClNO3. The average Bonchev–Trinajstić information content (AvgIpc) is 2.27. The van der Waals surface area contributed by atoms with Gasteiger partial charge in [0.15, 0.2) is 6.10 Å². The van der Waals surface area contributed by atoms with Crippen LogP contribution < -0.4 is 0 Å². The molecule has 5 heteroatoms. The lowest BCUT2D eigenvalue weighted by molar-refractivity contribution is -0.157. The van der Waals surface area contributed by atoms with E-state index in [9.17, 15) is 4.79 Å². The SMILES string of the molecule is CCOC(=O)C(OCC)c1cccnc1Cl. The van der Waals surface area contributed by atoms with E-state index in [4.69, 9.17) is 21.1 Å². The van der Waals surface area contributed by atoms with E-state index >= 15 is 0 Å². The summed E-state index contributed by atoms with van der Waals surface area (Å²) in [4.78, 5) is 15.6. The van der Waals surface area contributed by atoms with E-state index in [1.807, 2.05) is 0 Å². The summed E-state index contributed by atoms with van der Waals surface area (Å²) in [5.41, 5.74) is 0.532. The van der Waals surface area contributed by atoms with Crippen molar-refractivity contribution in [2.24, 2.45) is 0 Å². The van der Waals surface area contributed by atoms with Crippen LogP contribution in [0, 0.1) is 0 Å². The van der Waals surface area contributed by atoms with Crippen molar-refractivity contribution in [3.63, 3.8) is 0 Å². The molecule has 1 unspecified atom stereocenters. The smallest absolute Gasteiger partial charge is 0.340 e. The maximum absolute atomic E-state index is 11.7. The summed E-state index contributed by atoms with van der Waals surface area (Å²) < 4.78 is 10.2. The van der Waals surface area contributed by atoms with Gasteiger partial charge in [-0.15, -0.1) is 0 Å². The zero-order valence-electron chi connectivity index (χ0n) is 9.27. The van der Waals surface area contributed by atoms with Gasteiger partial charge in [-0.25, -0.2) is 9.78 Å². The number of hydrogen-bond donors (Lipinski definition) is 0. The minimum absolute atomic E-state index is 0.258. The van der Waals surface area contributed by atoms with E-state index < -0.39 is 12.1 Å². The predicted molar refractivity (Wildman–Crippen MR) is 60.2 cm³/mol. The number of hydrogen-bond acceptors (Lipinski definition) is 4. The number of pyridine rings is 1. The third-order valence-electron chi connectivity index (χ3n) is 1.90. The molecule has 0 radical (unpaired) electrons. The second-order valence-corrected chi connectivity index (χ2v) is 3.33. The van der Waals surface area contributed by atoms with Crippen LogP contribution in [-0.4, -0.2) is 24.2 Å². The molecule has 0 N–H and O–H groups in total. The maximum Gasteiger partial charge on any atom is 0.340 e. The molecule has 0 aliphatic carbocycles. The Hall–Kier alpha value is -1.13. The number of aromatic nitrogens is 1. The number of halogens is 1. The summed E-state index contributed by atoms with van der Waals surface area (Å²) in [5.74, 6) is -0.445. The molecule has 0 saturated carbocycles. The van der Waals surface area contributed by atoms with Gasteiger partial charge < -0.3 is 9.47 Å². The Morgan fingerprint density at radius 1 is 1.50 bits per heavy atom. The number of esters is 1. The molecule has 0 amide bonds. The molecule has 0 bridgehead atoms. The summed E-state index contributed by atoms with van der Waals surface area (Å²) >= 11 is 5.90. The van der Waals surface area contributed by atoms with Crippen LogP contribution in [0.3, 0.4) is 0 Å². The van der Waals surface area contributed by atoms with Crippen LogP contribution in [0.2, 0.25) is 5.15 Å². The van der Waals surface area contributed by atoms with Crippen LogP contribution in [0.1, 0.15) is 25.5 Å². The average molecular weight is 244 g/mol. The van der Waals surface area contributed by atoms with Gasteiger partial charge >= 0.3 is 5.97 Å². The Bertz CT molecular complexity index is 357. The highest BCUT2D eigenvalue weighted by Crippen LogP contribution is 2.24. The summed E-state index contributed by atoms with van der Waals surface area (Å²) in [6.45, 7) is 4.25. The monoisotopic (exact) mass is 243 g/mol. The number of ether oxygens (including phenoxy) is 2. The van der Waals surface area contributed by atoms with Gasteiger partial charge in [-0.2, -0.15) is 0 Å². The Labute approximate surface area is 99.5 Å². The number of carbonyl (C=O) groups is 1. The molecule has 1 aromatic heterocycles. The van der Waals surface area contributed by atoms with Crippen molar-refractivity contribution in [1.82, 2.24) is 4.98 Å². The van der Waals surface area contributed by atoms with Crippen LogP contribution in [-0.2, 0) is 14.3 Å². The lowest BCUT2D eigenvalue weighted by Crippen LogP contribution is -2.19. The van der Waals surface area contributed by atoms with Crippen molar-refractivity contribution < 1.29 is 14.3 Å². The fourth-order valence-corrected chi connectivity index (χ4v) is 1.48. The van der Waals surface area contributed by atoms with Gasteiger partial charge in [-0.3, -0.25) is 0 Å². The molecule has 88 valence electrons. The van der Waals surface area contributed by atoms with Gasteiger partial charge in [0.2, 0.25) is 0 Å². The minimum Gasteiger partial charge on any atom is -0.464 e. The van der Waals surface area contributed by atoms with Gasteiger partial charge in [0.05, 0.1) is 6.61 Å². The molecule has 1 atom stereocenters. The molecule has 4 nitrogen and oxygen atoms in total. The van der Waals surface area contributed by atoms with Crippen molar-refractivity contribution >= 4 is 17.6 Å². The topological polar surface area (TPSA) is 48.4 Å². The highest BCUT2D eigenvalue weighted by atomic mass is 35.5. The first-order valence-corrected chi connectivity index (χ1v) is 5.47. The lowest BCUT2D eigenvalue weighted by atomic mass is 10.1. The van der Waals surface area contributed by atoms with Gasteiger partial charge in [0.1, 0.15) is 5.15 Å². The van der Waals surface area contributed by atoms with E-state index in [1.165, 1.54) is 0 Å². The number of carbonyl (C=O) groups excluding carboxylic acids is 1. The third kappa shape index (κ3) is 3.18. The van der Waals surface area contributed by atoms with Crippen LogP contribution in [0.4, 0.5) is 0 Å². The fourth-order valence-electron chi connectivity index (χ4n) is 1.26. The molecular weight excluding hydrogens is 230 g/mol. The van der Waals surface area contributed by atoms with Gasteiger partial charge in [0, 0.05) is 18.4 Å². The van der Waals surface area contributed by atoms with Crippen molar-refractivity contribution in [2.45, 2.75) is 20.0 Å². The zero-order chi connectivity index (χ0) is 12.0. The molecule has 0 aliphatic rings. The fraction of sp³-hybridized carbons (Fsp3) is 0.455. The summed E-state index contributed by atoms with van der Waals surface area (Å²) in [5, 5.41) is 0.258. The van der Waals surface area contributed by atoms with Crippen LogP contribution in [0.5, 0.6) is 0 Å². The van der Waals surface area contributed by atoms with Gasteiger partial charge in [0.25, 0.3) is 0 Å². The highest BCUT2D eigenvalue weighted by molar-refractivity contribution is 6.30. The molecule has 0 saturated heterocycles. The highest BCUT2D eigenvalue weighted by Gasteiger charge is 2.24. The molecule has 1 rings (SSSR count). The lowest BCUT2D eigenvalue weighted by Gasteiger charge is -2.16. The summed E-state index contributed by atoms with van der Waals surface area (Å²) in [7, 11) is 0. The standard InChI is InChI=1S/C11H14ClNO3/c1-3-15-9(11(14)16-4-2)8-6-5-7-13-10(8)12/h5-7,9H,3-4H2,1-2H3. The van der Waals surface area contributed by atoms with Gasteiger partial charge in [-0.1, -0.05) is 17.7 Å². The zero-order valence-corrected chi connectivity index (χ0v) is 10.0. The summed E-state index contributed by atoms with van der Waals surface area (Å²) in [6.07, 6.45) is 0.756. The Morgan fingerprint density at radius 2 is 2.25 bits per heavy atom. The molecule has 1 heterocycles. The molecule has 0 aromatic carbocycles. The van der Waals surface area contributed by atoms with E-state index in [0.29, 0.717) is 18.8 Å². The van der Waals surface area contributed by atoms with E-state index in [0.717, 1.165) is 0 Å². The van der Waals surface area contributed by atoms with Crippen molar-refractivity contribution in [2.75, 3.05) is 13.2 Å². The molecule has 1 aromatic rings. The number of nitrogens with zero attached hydrogens (tertiary/aromatic N) is 1. The largest absolute Gasteiger partial charge is 0.464 e. The van der Waals surface area contributed by atoms with E-state index in [2.05, 4.69) is 4.98 Å². The van der Waals surface area contributed by atoms with Gasteiger partial charge in [-0.05, 0) is 19.9 Å². The van der Waals surface area contributed by atoms with Crippen molar-refractivity contribution in [3.05, 3.63) is 29.0 Å². The second kappa shape index (κ2) is 6.45. The normalized spacial score (nSPS) is 12.2.